The highest BCUT2D eigenvalue weighted by Gasteiger charge is 2.59. The summed E-state index contributed by atoms with van der Waals surface area (Å²) in [6.45, 7) is 8.82. The lowest BCUT2D eigenvalue weighted by Gasteiger charge is -2.15. The van der Waals surface area contributed by atoms with E-state index in [1.807, 2.05) is 0 Å². The van der Waals surface area contributed by atoms with Crippen LogP contribution in [0.3, 0.4) is 0 Å². The van der Waals surface area contributed by atoms with Crippen LogP contribution >= 0.6 is 0 Å². The highest BCUT2D eigenvalue weighted by molar-refractivity contribution is 5.26. The Morgan fingerprint density at radius 3 is 2.50 bits per heavy atom. The van der Waals surface area contributed by atoms with Gasteiger partial charge in [-0.05, 0) is 36.5 Å². The highest BCUT2D eigenvalue weighted by Crippen LogP contribution is 2.69. The minimum Gasteiger partial charge on any atom is -0.0996 e. The van der Waals surface area contributed by atoms with Crippen LogP contribution in [0.4, 0.5) is 0 Å². The van der Waals surface area contributed by atoms with Gasteiger partial charge in [-0.25, -0.2) is 0 Å². The average Bonchev–Trinajstić information content (AvgIpc) is 2.52. The van der Waals surface area contributed by atoms with Gasteiger partial charge in [0.2, 0.25) is 0 Å². The van der Waals surface area contributed by atoms with Crippen LogP contribution in [0.25, 0.3) is 0 Å². The predicted molar refractivity (Wildman–Crippen MR) is 43.8 cm³/mol. The number of fused-ring (bicyclic) bond motifs is 1. The molecule has 0 aliphatic heterocycles. The van der Waals surface area contributed by atoms with Gasteiger partial charge in [-0.3, -0.25) is 0 Å². The maximum Gasteiger partial charge on any atom is -0.0141 e. The Morgan fingerprint density at radius 1 is 1.60 bits per heavy atom. The quantitative estimate of drug-likeness (QED) is 0.486. The lowest BCUT2D eigenvalue weighted by molar-refractivity contribution is 0.344. The van der Waals surface area contributed by atoms with E-state index in [-0.39, 0.29) is 0 Å². The topological polar surface area (TPSA) is 0 Å². The molecule has 2 rings (SSSR count). The Balaban J connectivity index is 2.18. The molecule has 0 aromatic rings. The van der Waals surface area contributed by atoms with Crippen molar-refractivity contribution >= 4 is 0 Å². The molecule has 0 aromatic heterocycles. The lowest BCUT2D eigenvalue weighted by atomic mass is 9.90. The predicted octanol–water partition coefficient (Wildman–Crippen LogP) is 3.00. The highest BCUT2D eigenvalue weighted by atomic mass is 14.6. The molecule has 0 amide bonds. The molecule has 0 saturated heterocycles. The lowest BCUT2D eigenvalue weighted by Crippen LogP contribution is -2.07. The second-order valence-electron chi connectivity index (χ2n) is 4.30. The van der Waals surface area contributed by atoms with E-state index in [1.165, 1.54) is 24.8 Å². The first kappa shape index (κ1) is 6.45. The zero-order chi connectivity index (χ0) is 7.35. The molecule has 0 heteroatoms. The van der Waals surface area contributed by atoms with E-state index in [0.717, 1.165) is 17.3 Å². The van der Waals surface area contributed by atoms with E-state index in [1.54, 1.807) is 0 Å². The number of hydrogen-bond donors (Lipinski definition) is 0. The van der Waals surface area contributed by atoms with Crippen LogP contribution in [0.2, 0.25) is 0 Å². The van der Waals surface area contributed by atoms with Crippen molar-refractivity contribution in [2.24, 2.45) is 17.3 Å². The first-order valence-corrected chi connectivity index (χ1v) is 4.34. The minimum atomic E-state index is 0.733. The van der Waals surface area contributed by atoms with Crippen molar-refractivity contribution in [3.05, 3.63) is 12.2 Å². The summed E-state index contributed by atoms with van der Waals surface area (Å²) in [5.41, 5.74) is 2.27. The first-order valence-electron chi connectivity index (χ1n) is 4.34. The van der Waals surface area contributed by atoms with Crippen molar-refractivity contribution in [1.82, 2.24) is 0 Å². The van der Waals surface area contributed by atoms with E-state index in [9.17, 15) is 0 Å². The monoisotopic (exact) mass is 136 g/mol. The molecule has 0 aromatic carbocycles. The summed E-state index contributed by atoms with van der Waals surface area (Å²) in [6.07, 6.45) is 4.18. The van der Waals surface area contributed by atoms with Crippen molar-refractivity contribution in [3.63, 3.8) is 0 Å². The smallest absolute Gasteiger partial charge is 0.0141 e. The van der Waals surface area contributed by atoms with E-state index in [2.05, 4.69) is 20.4 Å². The Bertz CT molecular complexity index is 178. The Hall–Kier alpha value is -0.260. The fourth-order valence-corrected chi connectivity index (χ4v) is 2.64. The van der Waals surface area contributed by atoms with E-state index < -0.39 is 0 Å². The second-order valence-corrected chi connectivity index (χ2v) is 4.30. The summed E-state index contributed by atoms with van der Waals surface area (Å²) >= 11 is 0. The molecule has 56 valence electrons. The molecular weight excluding hydrogens is 120 g/mol. The fraction of sp³-hybridized carbons (Fsp3) is 0.800. The summed E-state index contributed by atoms with van der Waals surface area (Å²) < 4.78 is 0. The second kappa shape index (κ2) is 1.66. The molecule has 0 bridgehead atoms. The third-order valence-corrected chi connectivity index (χ3v) is 3.67. The van der Waals surface area contributed by atoms with Crippen molar-refractivity contribution in [2.45, 2.75) is 33.1 Å². The summed E-state index contributed by atoms with van der Waals surface area (Å²) in [4.78, 5) is 0. The standard InChI is InChI=1S/C10H16/c1-7(2)10-5-4-8(3)9(10)6-10/h7,9H,3-6H2,1-2H3/t9-,10?/m1/s1. The first-order chi connectivity index (χ1) is 4.67. The van der Waals surface area contributed by atoms with Crippen molar-refractivity contribution in [1.29, 1.82) is 0 Å². The van der Waals surface area contributed by atoms with E-state index in [0.29, 0.717) is 0 Å². The van der Waals surface area contributed by atoms with Crippen molar-refractivity contribution < 1.29 is 0 Å². The summed E-state index contributed by atoms with van der Waals surface area (Å²) in [5, 5.41) is 0. The Morgan fingerprint density at radius 2 is 2.30 bits per heavy atom. The van der Waals surface area contributed by atoms with Gasteiger partial charge in [0.25, 0.3) is 0 Å². The zero-order valence-corrected chi connectivity index (χ0v) is 6.98. The van der Waals surface area contributed by atoms with Crippen LogP contribution in [0.5, 0.6) is 0 Å². The molecule has 2 saturated carbocycles. The van der Waals surface area contributed by atoms with Gasteiger partial charge in [-0.15, -0.1) is 0 Å². The van der Waals surface area contributed by atoms with Gasteiger partial charge in [-0.2, -0.15) is 0 Å². The van der Waals surface area contributed by atoms with Gasteiger partial charge in [-0.1, -0.05) is 26.0 Å². The summed E-state index contributed by atoms with van der Waals surface area (Å²) in [7, 11) is 0. The average molecular weight is 136 g/mol. The Kier molecular flexibility index (Phi) is 1.07. The third-order valence-electron chi connectivity index (χ3n) is 3.67. The minimum absolute atomic E-state index is 0.733. The SMILES string of the molecule is C=C1CCC2(C(C)C)C[C@H]12. The van der Waals surface area contributed by atoms with E-state index >= 15 is 0 Å². The van der Waals surface area contributed by atoms with Gasteiger partial charge in [0.15, 0.2) is 0 Å². The summed E-state index contributed by atoms with van der Waals surface area (Å²) in [6, 6.07) is 0. The van der Waals surface area contributed by atoms with Crippen LogP contribution < -0.4 is 0 Å². The third kappa shape index (κ3) is 0.574. The molecule has 0 N–H and O–H groups in total. The fourth-order valence-electron chi connectivity index (χ4n) is 2.64. The van der Waals surface area contributed by atoms with Gasteiger partial charge >= 0.3 is 0 Å². The number of rotatable bonds is 1. The van der Waals surface area contributed by atoms with Crippen LogP contribution in [-0.2, 0) is 0 Å². The zero-order valence-electron chi connectivity index (χ0n) is 6.98. The Labute approximate surface area is 63.3 Å². The maximum absolute atomic E-state index is 4.10. The molecule has 10 heavy (non-hydrogen) atoms. The van der Waals surface area contributed by atoms with Crippen molar-refractivity contribution in [3.8, 4) is 0 Å². The molecule has 2 aliphatic rings. The van der Waals surface area contributed by atoms with Crippen LogP contribution in [0, 0.1) is 17.3 Å². The summed E-state index contributed by atoms with van der Waals surface area (Å²) in [5.74, 6) is 1.81. The van der Waals surface area contributed by atoms with Gasteiger partial charge in [0.1, 0.15) is 0 Å². The molecule has 0 heterocycles. The largest absolute Gasteiger partial charge is 0.0996 e. The molecule has 0 spiro atoms. The van der Waals surface area contributed by atoms with Gasteiger partial charge in [0.05, 0.1) is 0 Å². The molecular formula is C10H16. The van der Waals surface area contributed by atoms with Crippen LogP contribution in [0.15, 0.2) is 12.2 Å². The van der Waals surface area contributed by atoms with Crippen LogP contribution in [-0.4, -0.2) is 0 Å². The molecule has 0 nitrogen and oxygen atoms in total. The maximum atomic E-state index is 4.10. The van der Waals surface area contributed by atoms with Gasteiger partial charge < -0.3 is 0 Å². The van der Waals surface area contributed by atoms with Crippen LogP contribution in [0.1, 0.15) is 33.1 Å². The van der Waals surface area contributed by atoms with Crippen molar-refractivity contribution in [2.75, 3.05) is 0 Å². The van der Waals surface area contributed by atoms with Gasteiger partial charge in [0, 0.05) is 0 Å². The molecule has 2 aliphatic carbocycles. The van der Waals surface area contributed by atoms with E-state index in [4.69, 9.17) is 0 Å². The molecule has 1 unspecified atom stereocenters. The number of hydrogen-bond acceptors (Lipinski definition) is 0. The molecule has 2 fully saturated rings. The normalized spacial score (nSPS) is 44.3. The molecule has 2 atom stereocenters. The number of allylic oxidation sites excluding steroid dienone is 1. The molecule has 0 radical (unpaired) electrons.